The molecule has 0 aliphatic carbocycles. The molecule has 1 amide bonds. The molecule has 1 aliphatic heterocycles. The Kier molecular flexibility index (Phi) is 6.35. The van der Waals surface area contributed by atoms with Crippen LogP contribution in [0.1, 0.15) is 28.0 Å². The molecule has 0 spiro atoms. The number of amides is 1. The lowest BCUT2D eigenvalue weighted by Gasteiger charge is -2.19. The second-order valence-corrected chi connectivity index (χ2v) is 7.90. The molecule has 9 heteroatoms. The van der Waals surface area contributed by atoms with Crippen molar-refractivity contribution in [2.75, 3.05) is 13.1 Å². The van der Waals surface area contributed by atoms with Crippen molar-refractivity contribution in [1.82, 2.24) is 9.88 Å². The first kappa shape index (κ1) is 22.8. The second kappa shape index (κ2) is 9.21. The van der Waals surface area contributed by atoms with Crippen LogP contribution in [-0.4, -0.2) is 40.1 Å². The minimum atomic E-state index is -4.47. The standard InChI is InChI=1S/C24H22F3N3O3/c25-24(26,27)17-6-9-22(16(12-17)13-30-11-10-18(31)14-30)33-19-7-4-15(5-8-19)20-2-1-3-21(29-20)23(28)32/h1-9,12,18,31H,10-11,13-14H2,(H2,28,32). The third kappa shape index (κ3) is 5.50. The number of carbonyl (C=O) groups excluding carboxylic acids is 1. The number of halogens is 3. The van der Waals surface area contributed by atoms with E-state index in [2.05, 4.69) is 4.98 Å². The summed E-state index contributed by atoms with van der Waals surface area (Å²) in [6.07, 6.45) is -4.36. The zero-order valence-corrected chi connectivity index (χ0v) is 17.5. The summed E-state index contributed by atoms with van der Waals surface area (Å²) in [6, 6.07) is 15.2. The number of aliphatic hydroxyl groups is 1. The summed E-state index contributed by atoms with van der Waals surface area (Å²) in [5.74, 6) is 0.121. The van der Waals surface area contributed by atoms with E-state index in [1.54, 1.807) is 36.4 Å². The molecule has 0 saturated carbocycles. The van der Waals surface area contributed by atoms with Gasteiger partial charge in [0.25, 0.3) is 5.91 Å². The number of ether oxygens (including phenoxy) is 1. The van der Waals surface area contributed by atoms with Gasteiger partial charge in [-0.3, -0.25) is 9.69 Å². The van der Waals surface area contributed by atoms with Gasteiger partial charge in [0, 0.05) is 30.8 Å². The predicted octanol–water partition coefficient (Wildman–Crippen LogP) is 4.23. The number of likely N-dealkylation sites (tertiary alicyclic amines) is 1. The molecule has 1 unspecified atom stereocenters. The van der Waals surface area contributed by atoms with Gasteiger partial charge < -0.3 is 15.6 Å². The summed E-state index contributed by atoms with van der Waals surface area (Å²) in [4.78, 5) is 17.5. The first-order chi connectivity index (χ1) is 15.7. The molecule has 2 heterocycles. The maximum atomic E-state index is 13.3. The lowest BCUT2D eigenvalue weighted by molar-refractivity contribution is -0.137. The summed E-state index contributed by atoms with van der Waals surface area (Å²) in [6.45, 7) is 1.24. The van der Waals surface area contributed by atoms with Gasteiger partial charge in [-0.05, 0) is 61.0 Å². The molecule has 1 fully saturated rings. The molecular weight excluding hydrogens is 435 g/mol. The fourth-order valence-electron chi connectivity index (χ4n) is 3.73. The van der Waals surface area contributed by atoms with E-state index in [9.17, 15) is 23.1 Å². The quantitative estimate of drug-likeness (QED) is 0.579. The number of β-amino-alcohol motifs (C(OH)–C–C–N with tert-alkyl or cyclic N) is 1. The summed E-state index contributed by atoms with van der Waals surface area (Å²) in [5.41, 5.74) is 6.35. The predicted molar refractivity (Wildman–Crippen MR) is 116 cm³/mol. The number of primary amides is 1. The number of nitrogens with two attached hydrogens (primary N) is 1. The Labute approximate surface area is 188 Å². The van der Waals surface area contributed by atoms with Gasteiger partial charge in [0.2, 0.25) is 0 Å². The van der Waals surface area contributed by atoms with Crippen LogP contribution in [0.2, 0.25) is 0 Å². The molecule has 1 aliphatic rings. The van der Waals surface area contributed by atoms with E-state index >= 15 is 0 Å². The largest absolute Gasteiger partial charge is 0.457 e. The fraction of sp³-hybridized carbons (Fsp3) is 0.250. The van der Waals surface area contributed by atoms with Crippen molar-refractivity contribution in [3.63, 3.8) is 0 Å². The molecule has 1 atom stereocenters. The number of carbonyl (C=O) groups is 1. The highest BCUT2D eigenvalue weighted by Crippen LogP contribution is 2.35. The molecule has 1 saturated heterocycles. The van der Waals surface area contributed by atoms with Crippen LogP contribution in [0.5, 0.6) is 11.5 Å². The molecule has 2 aromatic carbocycles. The molecule has 0 bridgehead atoms. The third-order valence-electron chi connectivity index (χ3n) is 5.41. The van der Waals surface area contributed by atoms with Crippen molar-refractivity contribution < 1.29 is 27.8 Å². The van der Waals surface area contributed by atoms with Crippen molar-refractivity contribution >= 4 is 5.91 Å². The summed E-state index contributed by atoms with van der Waals surface area (Å²) >= 11 is 0. The zero-order valence-electron chi connectivity index (χ0n) is 17.5. The van der Waals surface area contributed by atoms with Gasteiger partial charge in [0.15, 0.2) is 0 Å². The van der Waals surface area contributed by atoms with Gasteiger partial charge in [0.05, 0.1) is 17.4 Å². The van der Waals surface area contributed by atoms with E-state index in [0.717, 1.165) is 17.7 Å². The number of alkyl halides is 3. The number of pyridine rings is 1. The van der Waals surface area contributed by atoms with Gasteiger partial charge in [-0.2, -0.15) is 13.2 Å². The molecule has 33 heavy (non-hydrogen) atoms. The second-order valence-electron chi connectivity index (χ2n) is 7.90. The van der Waals surface area contributed by atoms with Crippen LogP contribution in [0, 0.1) is 0 Å². The van der Waals surface area contributed by atoms with E-state index in [1.165, 1.54) is 12.1 Å². The number of rotatable bonds is 6. The Balaban J connectivity index is 1.57. The van der Waals surface area contributed by atoms with E-state index in [4.69, 9.17) is 10.5 Å². The van der Waals surface area contributed by atoms with Crippen LogP contribution in [-0.2, 0) is 12.7 Å². The van der Waals surface area contributed by atoms with Crippen molar-refractivity contribution in [2.45, 2.75) is 25.2 Å². The highest BCUT2D eigenvalue weighted by Gasteiger charge is 2.32. The van der Waals surface area contributed by atoms with Crippen LogP contribution in [0.4, 0.5) is 13.2 Å². The average molecular weight is 457 g/mol. The molecule has 1 aromatic heterocycles. The average Bonchev–Trinajstić information content (AvgIpc) is 3.19. The zero-order chi connectivity index (χ0) is 23.6. The number of benzene rings is 2. The van der Waals surface area contributed by atoms with Crippen molar-refractivity contribution in [3.05, 3.63) is 77.5 Å². The molecule has 0 radical (unpaired) electrons. The number of nitrogens with zero attached hydrogens (tertiary/aromatic N) is 2. The Morgan fingerprint density at radius 2 is 1.91 bits per heavy atom. The van der Waals surface area contributed by atoms with Crippen LogP contribution in [0.15, 0.2) is 60.7 Å². The fourth-order valence-corrected chi connectivity index (χ4v) is 3.73. The lowest BCUT2D eigenvalue weighted by Crippen LogP contribution is -2.22. The van der Waals surface area contributed by atoms with Gasteiger partial charge in [-0.1, -0.05) is 6.07 Å². The normalized spacial score (nSPS) is 16.7. The molecule has 3 N–H and O–H groups in total. The summed E-state index contributed by atoms with van der Waals surface area (Å²) in [5, 5.41) is 9.75. The molecule has 4 rings (SSSR count). The van der Waals surface area contributed by atoms with E-state index in [0.29, 0.717) is 42.3 Å². The minimum absolute atomic E-state index is 0.147. The summed E-state index contributed by atoms with van der Waals surface area (Å²) in [7, 11) is 0. The Bertz CT molecular complexity index is 1150. The molecular formula is C24H22F3N3O3. The Morgan fingerprint density at radius 3 is 2.55 bits per heavy atom. The van der Waals surface area contributed by atoms with Crippen molar-refractivity contribution in [1.29, 1.82) is 0 Å². The van der Waals surface area contributed by atoms with Gasteiger partial charge in [0.1, 0.15) is 17.2 Å². The van der Waals surface area contributed by atoms with E-state index < -0.39 is 23.8 Å². The first-order valence-electron chi connectivity index (χ1n) is 10.3. The first-order valence-corrected chi connectivity index (χ1v) is 10.3. The van der Waals surface area contributed by atoms with Crippen molar-refractivity contribution in [2.24, 2.45) is 5.73 Å². The van der Waals surface area contributed by atoms with E-state index in [1.807, 2.05) is 4.90 Å². The highest BCUT2D eigenvalue weighted by atomic mass is 19.4. The number of aromatic nitrogens is 1. The van der Waals surface area contributed by atoms with Gasteiger partial charge in [-0.25, -0.2) is 4.98 Å². The third-order valence-corrected chi connectivity index (χ3v) is 5.41. The topological polar surface area (TPSA) is 88.7 Å². The monoisotopic (exact) mass is 457 g/mol. The van der Waals surface area contributed by atoms with Crippen LogP contribution >= 0.6 is 0 Å². The van der Waals surface area contributed by atoms with Crippen molar-refractivity contribution in [3.8, 4) is 22.8 Å². The molecule has 172 valence electrons. The maximum absolute atomic E-state index is 13.3. The summed E-state index contributed by atoms with van der Waals surface area (Å²) < 4.78 is 45.7. The number of aliphatic hydroxyl groups excluding tert-OH is 1. The minimum Gasteiger partial charge on any atom is -0.457 e. The number of hydrogen-bond donors (Lipinski definition) is 2. The van der Waals surface area contributed by atoms with Crippen LogP contribution < -0.4 is 10.5 Å². The smallest absolute Gasteiger partial charge is 0.416 e. The Hall–Kier alpha value is -3.43. The molecule has 6 nitrogen and oxygen atoms in total. The lowest BCUT2D eigenvalue weighted by atomic mass is 10.1. The van der Waals surface area contributed by atoms with Gasteiger partial charge in [-0.15, -0.1) is 0 Å². The molecule has 3 aromatic rings. The number of hydrogen-bond acceptors (Lipinski definition) is 5. The SMILES string of the molecule is NC(=O)c1cccc(-c2ccc(Oc3ccc(C(F)(F)F)cc3CN3CCC(O)C3)cc2)n1. The highest BCUT2D eigenvalue weighted by molar-refractivity contribution is 5.91. The Morgan fingerprint density at radius 1 is 1.15 bits per heavy atom. The van der Waals surface area contributed by atoms with Crippen LogP contribution in [0.3, 0.4) is 0 Å². The van der Waals surface area contributed by atoms with Gasteiger partial charge >= 0.3 is 6.18 Å². The van der Waals surface area contributed by atoms with Crippen LogP contribution in [0.25, 0.3) is 11.3 Å². The maximum Gasteiger partial charge on any atom is 0.416 e. The van der Waals surface area contributed by atoms with E-state index in [-0.39, 0.29) is 12.2 Å².